The summed E-state index contributed by atoms with van der Waals surface area (Å²) in [5.41, 5.74) is 7.18. The third-order valence-corrected chi connectivity index (χ3v) is 4.57. The summed E-state index contributed by atoms with van der Waals surface area (Å²) < 4.78 is 10.7. The molecule has 1 aromatic heterocycles. The van der Waals surface area contributed by atoms with Crippen molar-refractivity contribution in [2.24, 2.45) is 5.73 Å². The zero-order valence-electron chi connectivity index (χ0n) is 10.4. The highest BCUT2D eigenvalue weighted by Crippen LogP contribution is 2.32. The normalized spacial score (nSPS) is 24.2. The van der Waals surface area contributed by atoms with Crippen LogP contribution in [0.5, 0.6) is 0 Å². The van der Waals surface area contributed by atoms with Gasteiger partial charge in [0.1, 0.15) is 0 Å². The van der Waals surface area contributed by atoms with Crippen LogP contribution in [0.15, 0.2) is 5.38 Å². The lowest BCUT2D eigenvalue weighted by atomic mass is 9.89. The molecule has 3 rings (SSSR count). The molecular weight excluding hydrogens is 250 g/mol. The first-order valence-electron chi connectivity index (χ1n) is 6.43. The van der Waals surface area contributed by atoms with Crippen LogP contribution >= 0.6 is 11.3 Å². The predicted octanol–water partition coefficient (Wildman–Crippen LogP) is 0.944. The van der Waals surface area contributed by atoms with Crippen molar-refractivity contribution in [1.29, 1.82) is 0 Å². The Labute approximate surface area is 111 Å². The molecule has 0 unspecified atom stereocenters. The molecule has 0 amide bonds. The molecule has 0 aromatic carbocycles. The van der Waals surface area contributed by atoms with Crippen LogP contribution in [0.4, 0.5) is 5.13 Å². The lowest BCUT2D eigenvalue weighted by molar-refractivity contribution is 0.0510. The molecule has 0 aliphatic carbocycles. The van der Waals surface area contributed by atoms with E-state index < -0.39 is 0 Å². The van der Waals surface area contributed by atoms with Gasteiger partial charge in [0.15, 0.2) is 5.13 Å². The third kappa shape index (κ3) is 2.38. The van der Waals surface area contributed by atoms with E-state index in [0.29, 0.717) is 0 Å². The van der Waals surface area contributed by atoms with Crippen molar-refractivity contribution in [2.45, 2.75) is 18.4 Å². The van der Waals surface area contributed by atoms with Gasteiger partial charge in [0.2, 0.25) is 0 Å². The fraction of sp³-hybridized carbons (Fsp3) is 0.750. The summed E-state index contributed by atoms with van der Waals surface area (Å²) in [5.74, 6) is 0. The molecule has 0 spiro atoms. The van der Waals surface area contributed by atoms with Gasteiger partial charge in [-0.2, -0.15) is 0 Å². The fourth-order valence-electron chi connectivity index (χ4n) is 2.38. The maximum atomic E-state index is 6.44. The first kappa shape index (κ1) is 12.3. The van der Waals surface area contributed by atoms with Crippen molar-refractivity contribution in [2.75, 3.05) is 44.4 Å². The number of hydrogen-bond donors (Lipinski definition) is 1. The Kier molecular flexibility index (Phi) is 3.52. The Morgan fingerprint density at radius 1 is 1.17 bits per heavy atom. The number of ether oxygens (including phenoxy) is 2. The molecule has 2 N–H and O–H groups in total. The maximum Gasteiger partial charge on any atom is 0.185 e. The van der Waals surface area contributed by atoms with Gasteiger partial charge in [-0.3, -0.25) is 0 Å². The van der Waals surface area contributed by atoms with E-state index in [0.717, 1.165) is 63.2 Å². The zero-order valence-corrected chi connectivity index (χ0v) is 11.2. The fourth-order valence-corrected chi connectivity index (χ4v) is 3.37. The number of rotatable bonds is 2. The highest BCUT2D eigenvalue weighted by molar-refractivity contribution is 7.13. The Morgan fingerprint density at radius 2 is 1.83 bits per heavy atom. The van der Waals surface area contributed by atoms with Crippen LogP contribution in [0, 0.1) is 0 Å². The largest absolute Gasteiger partial charge is 0.381 e. The highest BCUT2D eigenvalue weighted by Gasteiger charge is 2.33. The third-order valence-electron chi connectivity index (χ3n) is 3.67. The van der Waals surface area contributed by atoms with Gasteiger partial charge in [-0.1, -0.05) is 0 Å². The second-order valence-corrected chi connectivity index (χ2v) is 5.72. The SMILES string of the molecule is NC1(c2csc(N3CCOCC3)n2)CCOCC1. The summed E-state index contributed by atoms with van der Waals surface area (Å²) in [6.07, 6.45) is 1.72. The van der Waals surface area contributed by atoms with Gasteiger partial charge in [0.25, 0.3) is 0 Å². The minimum Gasteiger partial charge on any atom is -0.381 e. The molecule has 1 aromatic rings. The number of thiazole rings is 1. The Balaban J connectivity index is 1.75. The van der Waals surface area contributed by atoms with Gasteiger partial charge in [0, 0.05) is 31.7 Å². The van der Waals surface area contributed by atoms with Crippen molar-refractivity contribution < 1.29 is 9.47 Å². The maximum absolute atomic E-state index is 6.44. The lowest BCUT2D eigenvalue weighted by Crippen LogP contribution is -2.42. The molecule has 2 fully saturated rings. The summed E-state index contributed by atoms with van der Waals surface area (Å²) >= 11 is 1.69. The Morgan fingerprint density at radius 3 is 2.56 bits per heavy atom. The highest BCUT2D eigenvalue weighted by atomic mass is 32.1. The second-order valence-electron chi connectivity index (χ2n) is 4.88. The molecule has 2 saturated heterocycles. The van der Waals surface area contributed by atoms with Gasteiger partial charge >= 0.3 is 0 Å². The first-order chi connectivity index (χ1) is 8.78. The van der Waals surface area contributed by atoms with Gasteiger partial charge < -0.3 is 20.1 Å². The van der Waals surface area contributed by atoms with Crippen LogP contribution in [0.1, 0.15) is 18.5 Å². The summed E-state index contributed by atoms with van der Waals surface area (Å²) in [7, 11) is 0. The minimum absolute atomic E-state index is 0.292. The average molecular weight is 269 g/mol. The topological polar surface area (TPSA) is 60.6 Å². The van der Waals surface area contributed by atoms with E-state index in [9.17, 15) is 0 Å². The molecule has 0 bridgehead atoms. The van der Waals surface area contributed by atoms with E-state index in [4.69, 9.17) is 20.2 Å². The summed E-state index contributed by atoms with van der Waals surface area (Å²) in [6, 6.07) is 0. The Bertz CT molecular complexity index is 398. The second kappa shape index (κ2) is 5.13. The monoisotopic (exact) mass is 269 g/mol. The van der Waals surface area contributed by atoms with Crippen molar-refractivity contribution in [3.8, 4) is 0 Å². The molecule has 2 aliphatic rings. The Hall–Kier alpha value is -0.690. The number of anilines is 1. The first-order valence-corrected chi connectivity index (χ1v) is 7.31. The van der Waals surface area contributed by atoms with E-state index in [1.54, 1.807) is 11.3 Å². The standard InChI is InChI=1S/C12H19N3O2S/c13-12(1-5-16-6-2-12)10-9-18-11(14-10)15-3-7-17-8-4-15/h9H,1-8,13H2. The van der Waals surface area contributed by atoms with Crippen LogP contribution in [0.25, 0.3) is 0 Å². The summed E-state index contributed by atoms with van der Waals surface area (Å²) in [6.45, 7) is 4.90. The van der Waals surface area contributed by atoms with E-state index >= 15 is 0 Å². The van der Waals surface area contributed by atoms with E-state index in [-0.39, 0.29) is 5.54 Å². The van der Waals surface area contributed by atoms with Crippen molar-refractivity contribution in [1.82, 2.24) is 4.98 Å². The molecule has 2 aliphatic heterocycles. The molecule has 18 heavy (non-hydrogen) atoms. The summed E-state index contributed by atoms with van der Waals surface area (Å²) in [5, 5.41) is 3.18. The number of nitrogens with two attached hydrogens (primary N) is 1. The van der Waals surface area contributed by atoms with Crippen LogP contribution in [0.2, 0.25) is 0 Å². The van der Waals surface area contributed by atoms with Gasteiger partial charge in [0.05, 0.1) is 24.4 Å². The minimum atomic E-state index is -0.292. The summed E-state index contributed by atoms with van der Waals surface area (Å²) in [4.78, 5) is 7.02. The molecule has 0 saturated carbocycles. The smallest absolute Gasteiger partial charge is 0.185 e. The van der Waals surface area contributed by atoms with Crippen LogP contribution in [0.3, 0.4) is 0 Å². The molecule has 100 valence electrons. The van der Waals surface area contributed by atoms with Crippen molar-refractivity contribution in [3.05, 3.63) is 11.1 Å². The average Bonchev–Trinajstić information content (AvgIpc) is 2.91. The quantitative estimate of drug-likeness (QED) is 0.866. The van der Waals surface area contributed by atoms with E-state index in [1.807, 2.05) is 0 Å². The zero-order chi connectivity index (χ0) is 12.4. The number of hydrogen-bond acceptors (Lipinski definition) is 6. The van der Waals surface area contributed by atoms with E-state index in [1.165, 1.54) is 0 Å². The van der Waals surface area contributed by atoms with Crippen LogP contribution < -0.4 is 10.6 Å². The van der Waals surface area contributed by atoms with E-state index in [2.05, 4.69) is 10.3 Å². The number of nitrogens with zero attached hydrogens (tertiary/aromatic N) is 2. The molecule has 0 atom stereocenters. The van der Waals surface area contributed by atoms with Crippen LogP contribution in [-0.2, 0) is 15.0 Å². The van der Waals surface area contributed by atoms with Gasteiger partial charge in [-0.15, -0.1) is 11.3 Å². The lowest BCUT2D eigenvalue weighted by Gasteiger charge is -2.32. The predicted molar refractivity (Wildman–Crippen MR) is 71.1 cm³/mol. The molecular formula is C12H19N3O2S. The number of aromatic nitrogens is 1. The van der Waals surface area contributed by atoms with Crippen molar-refractivity contribution in [3.63, 3.8) is 0 Å². The van der Waals surface area contributed by atoms with Crippen LogP contribution in [-0.4, -0.2) is 44.5 Å². The van der Waals surface area contributed by atoms with Gasteiger partial charge in [-0.25, -0.2) is 4.98 Å². The molecule has 0 radical (unpaired) electrons. The molecule has 6 heteroatoms. The molecule has 3 heterocycles. The van der Waals surface area contributed by atoms with Crippen molar-refractivity contribution >= 4 is 16.5 Å². The molecule has 5 nitrogen and oxygen atoms in total. The number of morpholine rings is 1. The van der Waals surface area contributed by atoms with Gasteiger partial charge in [-0.05, 0) is 12.8 Å².